The fourth-order valence-electron chi connectivity index (χ4n) is 2.42. The number of aromatic nitrogens is 1. The van der Waals surface area contributed by atoms with E-state index in [9.17, 15) is 20.2 Å². The third kappa shape index (κ3) is 3.40. The predicted octanol–water partition coefficient (Wildman–Crippen LogP) is 3.02. The molecule has 2 aromatic rings. The fraction of sp³-hybridized carbons (Fsp3) is 0.235. The Hall–Kier alpha value is -3.47. The van der Waals surface area contributed by atoms with Gasteiger partial charge in [-0.15, -0.1) is 0 Å². The number of hydrogen-bond acceptors (Lipinski definition) is 7. The summed E-state index contributed by atoms with van der Waals surface area (Å²) in [6.45, 7) is 3.43. The summed E-state index contributed by atoms with van der Waals surface area (Å²) >= 11 is 0. The van der Waals surface area contributed by atoms with Crippen LogP contribution in [-0.4, -0.2) is 29.6 Å². The van der Waals surface area contributed by atoms with Crippen molar-refractivity contribution in [1.29, 1.82) is 5.26 Å². The summed E-state index contributed by atoms with van der Waals surface area (Å²) in [6, 6.07) is 7.52. The maximum absolute atomic E-state index is 12.4. The van der Waals surface area contributed by atoms with Crippen molar-refractivity contribution in [3.05, 3.63) is 51.2 Å². The molecule has 1 aromatic heterocycles. The van der Waals surface area contributed by atoms with E-state index in [0.717, 1.165) is 0 Å². The highest BCUT2D eigenvalue weighted by Crippen LogP contribution is 2.35. The molecule has 0 N–H and O–H groups in total. The lowest BCUT2D eigenvalue weighted by Gasteiger charge is -2.15. The summed E-state index contributed by atoms with van der Waals surface area (Å²) in [7, 11) is 1.37. The van der Waals surface area contributed by atoms with Crippen molar-refractivity contribution in [3.8, 4) is 23.1 Å². The van der Waals surface area contributed by atoms with E-state index < -0.39 is 10.9 Å². The first-order valence-electron chi connectivity index (χ1n) is 7.35. The topological polar surface area (TPSA) is 115 Å². The molecule has 0 atom stereocenters. The summed E-state index contributed by atoms with van der Waals surface area (Å²) in [6.07, 6.45) is 0. The van der Waals surface area contributed by atoms with E-state index in [0.29, 0.717) is 11.3 Å². The monoisotopic (exact) mass is 341 g/mol. The van der Waals surface area contributed by atoms with Crippen LogP contribution in [0.1, 0.15) is 28.5 Å². The minimum Gasteiger partial charge on any atom is -0.480 e. The zero-order valence-electron chi connectivity index (χ0n) is 13.9. The number of nitriles is 1. The predicted molar refractivity (Wildman–Crippen MR) is 88.3 cm³/mol. The Balaban J connectivity index is 2.80. The number of esters is 1. The Morgan fingerprint density at radius 1 is 1.36 bits per heavy atom. The molecule has 0 bridgehead atoms. The Morgan fingerprint density at radius 3 is 2.48 bits per heavy atom. The molecule has 0 spiro atoms. The van der Waals surface area contributed by atoms with Crippen molar-refractivity contribution in [3.63, 3.8) is 0 Å². The molecule has 8 heteroatoms. The van der Waals surface area contributed by atoms with Gasteiger partial charge in [-0.05, 0) is 31.5 Å². The Labute approximate surface area is 143 Å². The second kappa shape index (κ2) is 7.40. The van der Waals surface area contributed by atoms with Crippen LogP contribution < -0.4 is 4.74 Å². The summed E-state index contributed by atoms with van der Waals surface area (Å²) in [4.78, 5) is 26.8. The van der Waals surface area contributed by atoms with Gasteiger partial charge >= 0.3 is 5.97 Å². The molecule has 1 heterocycles. The summed E-state index contributed by atoms with van der Waals surface area (Å²) in [5.74, 6) is -0.554. The molecule has 0 fully saturated rings. The van der Waals surface area contributed by atoms with Gasteiger partial charge < -0.3 is 9.47 Å². The molecular weight excluding hydrogens is 326 g/mol. The van der Waals surface area contributed by atoms with Crippen molar-refractivity contribution in [2.75, 3.05) is 13.7 Å². The second-order valence-corrected chi connectivity index (χ2v) is 4.97. The Bertz CT molecular complexity index is 869. The van der Waals surface area contributed by atoms with Crippen molar-refractivity contribution >= 4 is 11.7 Å². The van der Waals surface area contributed by atoms with Crippen LogP contribution in [0.2, 0.25) is 0 Å². The minimum atomic E-state index is -0.625. The number of carbonyl (C=O) groups excluding carboxylic acids is 1. The van der Waals surface area contributed by atoms with Gasteiger partial charge in [0, 0.05) is 17.7 Å². The lowest BCUT2D eigenvalue weighted by atomic mass is 9.94. The first-order valence-corrected chi connectivity index (χ1v) is 7.35. The standard InChI is InChI=1S/C17H15N3O5/c1-4-25-17(21)14-10(2)19-16(24-3)13(9-18)15(14)11-5-7-12(8-6-11)20(22)23/h5-8H,4H2,1-3H3. The molecule has 0 radical (unpaired) electrons. The molecule has 0 aliphatic rings. The zero-order valence-corrected chi connectivity index (χ0v) is 13.9. The SMILES string of the molecule is CCOC(=O)c1c(C)nc(OC)c(C#N)c1-c1ccc([N+](=O)[O-])cc1. The number of aryl methyl sites for hydroxylation is 1. The molecule has 25 heavy (non-hydrogen) atoms. The molecule has 8 nitrogen and oxygen atoms in total. The van der Waals surface area contributed by atoms with Gasteiger partial charge in [0.2, 0.25) is 5.88 Å². The highest BCUT2D eigenvalue weighted by Gasteiger charge is 2.25. The van der Waals surface area contributed by atoms with Gasteiger partial charge in [0.1, 0.15) is 11.6 Å². The van der Waals surface area contributed by atoms with E-state index in [1.54, 1.807) is 13.8 Å². The van der Waals surface area contributed by atoms with Crippen LogP contribution in [0.3, 0.4) is 0 Å². The molecule has 0 aliphatic carbocycles. The second-order valence-electron chi connectivity index (χ2n) is 4.97. The van der Waals surface area contributed by atoms with Crippen molar-refractivity contribution in [2.24, 2.45) is 0 Å². The lowest BCUT2D eigenvalue weighted by molar-refractivity contribution is -0.384. The smallest absolute Gasteiger partial charge is 0.340 e. The number of hydrogen-bond donors (Lipinski definition) is 0. The average Bonchev–Trinajstić information content (AvgIpc) is 2.60. The molecular formula is C17H15N3O5. The van der Waals surface area contributed by atoms with Gasteiger partial charge in [-0.1, -0.05) is 0 Å². The van der Waals surface area contributed by atoms with Crippen LogP contribution in [0.15, 0.2) is 24.3 Å². The van der Waals surface area contributed by atoms with Gasteiger partial charge in [0.25, 0.3) is 5.69 Å². The molecule has 0 saturated carbocycles. The highest BCUT2D eigenvalue weighted by molar-refractivity contribution is 6.00. The van der Waals surface area contributed by atoms with Gasteiger partial charge in [-0.3, -0.25) is 10.1 Å². The number of nitro groups is 1. The molecule has 0 saturated heterocycles. The van der Waals surface area contributed by atoms with Gasteiger partial charge in [-0.2, -0.15) is 5.26 Å². The first kappa shape index (κ1) is 17.9. The van der Waals surface area contributed by atoms with Gasteiger partial charge in [-0.25, -0.2) is 9.78 Å². The van der Waals surface area contributed by atoms with E-state index in [1.165, 1.54) is 31.4 Å². The van der Waals surface area contributed by atoms with Crippen LogP contribution in [0.4, 0.5) is 5.69 Å². The summed E-state index contributed by atoms with van der Waals surface area (Å²) < 4.78 is 10.2. The number of benzene rings is 1. The molecule has 0 aliphatic heterocycles. The largest absolute Gasteiger partial charge is 0.480 e. The number of carbonyl (C=O) groups is 1. The Kier molecular flexibility index (Phi) is 5.29. The molecule has 2 rings (SSSR count). The van der Waals surface area contributed by atoms with Crippen LogP contribution in [0.25, 0.3) is 11.1 Å². The van der Waals surface area contributed by atoms with Crippen molar-refractivity contribution in [2.45, 2.75) is 13.8 Å². The van der Waals surface area contributed by atoms with Crippen LogP contribution in [0.5, 0.6) is 5.88 Å². The van der Waals surface area contributed by atoms with E-state index in [1.807, 2.05) is 6.07 Å². The number of nitrogens with zero attached hydrogens (tertiary/aromatic N) is 3. The maximum Gasteiger partial charge on any atom is 0.340 e. The van der Waals surface area contributed by atoms with Gasteiger partial charge in [0.15, 0.2) is 0 Å². The number of pyridine rings is 1. The molecule has 0 amide bonds. The average molecular weight is 341 g/mol. The van der Waals surface area contributed by atoms with Crippen molar-refractivity contribution < 1.29 is 19.2 Å². The Morgan fingerprint density at radius 2 is 2.00 bits per heavy atom. The van der Waals surface area contributed by atoms with Crippen LogP contribution in [-0.2, 0) is 4.74 Å². The van der Waals surface area contributed by atoms with E-state index >= 15 is 0 Å². The lowest BCUT2D eigenvalue weighted by Crippen LogP contribution is -2.12. The normalized spacial score (nSPS) is 10.0. The minimum absolute atomic E-state index is 0.0602. The van der Waals surface area contributed by atoms with E-state index in [-0.39, 0.29) is 34.9 Å². The number of rotatable bonds is 5. The molecule has 0 unspecified atom stereocenters. The third-order valence-corrected chi connectivity index (χ3v) is 3.50. The number of methoxy groups -OCH3 is 1. The fourth-order valence-corrected chi connectivity index (χ4v) is 2.42. The van der Waals surface area contributed by atoms with Crippen LogP contribution >= 0.6 is 0 Å². The molecule has 128 valence electrons. The van der Waals surface area contributed by atoms with Crippen molar-refractivity contribution in [1.82, 2.24) is 4.98 Å². The van der Waals surface area contributed by atoms with Crippen LogP contribution in [0, 0.1) is 28.4 Å². The summed E-state index contributed by atoms with van der Waals surface area (Å²) in [5, 5.41) is 20.4. The highest BCUT2D eigenvalue weighted by atomic mass is 16.6. The number of nitro benzene ring substituents is 1. The number of non-ortho nitro benzene ring substituents is 1. The van der Waals surface area contributed by atoms with Gasteiger partial charge in [0.05, 0.1) is 29.9 Å². The quantitative estimate of drug-likeness (QED) is 0.466. The van der Waals surface area contributed by atoms with E-state index in [2.05, 4.69) is 4.98 Å². The number of ether oxygens (including phenoxy) is 2. The van der Waals surface area contributed by atoms with E-state index in [4.69, 9.17) is 9.47 Å². The maximum atomic E-state index is 12.4. The molecule has 1 aromatic carbocycles. The third-order valence-electron chi connectivity index (χ3n) is 3.50. The first-order chi connectivity index (χ1) is 11.9. The zero-order chi connectivity index (χ0) is 18.6. The summed E-state index contributed by atoms with van der Waals surface area (Å²) in [5.41, 5.74) is 1.16.